The number of benzene rings is 3. The number of aromatic nitrogens is 2. The van der Waals surface area contributed by atoms with Crippen molar-refractivity contribution >= 4 is 17.3 Å². The fourth-order valence-electron chi connectivity index (χ4n) is 3.16. The predicted molar refractivity (Wildman–Crippen MR) is 116 cm³/mol. The quantitative estimate of drug-likeness (QED) is 0.395. The van der Waals surface area contributed by atoms with Crippen LogP contribution in [0, 0.1) is 5.82 Å². The summed E-state index contributed by atoms with van der Waals surface area (Å²) in [7, 11) is 3.03. The van der Waals surface area contributed by atoms with Crippen LogP contribution in [0.15, 0.2) is 71.1 Å². The number of nitrogens with one attached hydrogen (secondary N) is 1. The first-order valence-corrected chi connectivity index (χ1v) is 9.79. The molecule has 0 aliphatic heterocycles. The second kappa shape index (κ2) is 9.06. The van der Waals surface area contributed by atoms with E-state index in [-0.39, 0.29) is 5.89 Å². The Morgan fingerprint density at radius 2 is 1.65 bits per heavy atom. The number of nitrogens with zero attached hydrogens (tertiary/aromatic N) is 2. The van der Waals surface area contributed by atoms with Crippen molar-refractivity contribution in [1.29, 1.82) is 0 Å². The molecule has 1 atom stereocenters. The molecule has 0 saturated heterocycles. The Balaban J connectivity index is 1.78. The molecule has 31 heavy (non-hydrogen) atoms. The molecule has 0 amide bonds. The van der Waals surface area contributed by atoms with Gasteiger partial charge in [0, 0.05) is 17.2 Å². The van der Waals surface area contributed by atoms with Gasteiger partial charge in [0.05, 0.1) is 24.9 Å². The molecular weight excluding hydrogens is 421 g/mol. The second-order valence-electron chi connectivity index (χ2n) is 6.60. The van der Waals surface area contributed by atoms with Crippen LogP contribution in [0.25, 0.3) is 11.5 Å². The summed E-state index contributed by atoms with van der Waals surface area (Å²) >= 11 is 6.30. The van der Waals surface area contributed by atoms with Crippen LogP contribution < -0.4 is 14.8 Å². The van der Waals surface area contributed by atoms with Crippen molar-refractivity contribution in [2.75, 3.05) is 19.5 Å². The van der Waals surface area contributed by atoms with Gasteiger partial charge in [0.25, 0.3) is 0 Å². The summed E-state index contributed by atoms with van der Waals surface area (Å²) in [6, 6.07) is 18.2. The molecule has 0 unspecified atom stereocenters. The lowest BCUT2D eigenvalue weighted by Gasteiger charge is -2.20. The highest BCUT2D eigenvalue weighted by atomic mass is 35.5. The van der Waals surface area contributed by atoms with Gasteiger partial charge in [-0.25, -0.2) is 4.39 Å². The van der Waals surface area contributed by atoms with E-state index in [0.717, 1.165) is 5.56 Å². The molecule has 0 saturated carbocycles. The fourth-order valence-corrected chi connectivity index (χ4v) is 3.40. The Bertz CT molecular complexity index is 1180. The van der Waals surface area contributed by atoms with E-state index in [0.29, 0.717) is 33.7 Å². The van der Waals surface area contributed by atoms with Gasteiger partial charge in [0.1, 0.15) is 23.4 Å². The number of ether oxygens (including phenoxy) is 2. The van der Waals surface area contributed by atoms with Crippen molar-refractivity contribution in [1.82, 2.24) is 10.2 Å². The zero-order valence-electron chi connectivity index (χ0n) is 16.8. The van der Waals surface area contributed by atoms with Gasteiger partial charge in [0.2, 0.25) is 11.8 Å². The third kappa shape index (κ3) is 4.32. The molecule has 0 spiro atoms. The van der Waals surface area contributed by atoms with Crippen molar-refractivity contribution in [3.05, 3.63) is 89.0 Å². The van der Waals surface area contributed by atoms with E-state index in [4.69, 9.17) is 25.5 Å². The lowest BCUT2D eigenvalue weighted by Crippen LogP contribution is -2.15. The normalized spacial score (nSPS) is 11.7. The Morgan fingerprint density at radius 1 is 0.935 bits per heavy atom. The minimum absolute atomic E-state index is 0.193. The first kappa shape index (κ1) is 20.7. The summed E-state index contributed by atoms with van der Waals surface area (Å²) in [5.41, 5.74) is 1.61. The van der Waals surface area contributed by atoms with E-state index in [9.17, 15) is 4.39 Å². The molecule has 6 nitrogen and oxygen atoms in total. The highest BCUT2D eigenvalue weighted by molar-refractivity contribution is 6.32. The lowest BCUT2D eigenvalue weighted by atomic mass is 10.1. The van der Waals surface area contributed by atoms with E-state index in [1.165, 1.54) is 20.3 Å². The highest BCUT2D eigenvalue weighted by Gasteiger charge is 2.26. The standard InChI is InChI=1S/C23H19ClFN3O3/c1-29-19-13-20(30-2)18(12-16(19)24)26-21(15-10-6-7-11-17(15)25)23-28-27-22(31-23)14-8-4-3-5-9-14/h3-13,21,26H,1-2H3/t21-/m0/s1. The summed E-state index contributed by atoms with van der Waals surface area (Å²) in [6.07, 6.45) is 0. The minimum Gasteiger partial charge on any atom is -0.495 e. The molecular formula is C23H19ClFN3O3. The zero-order chi connectivity index (χ0) is 21.8. The maximum atomic E-state index is 14.7. The number of halogens is 2. The topological polar surface area (TPSA) is 69.4 Å². The van der Waals surface area contributed by atoms with Crippen LogP contribution in [0.5, 0.6) is 11.5 Å². The predicted octanol–water partition coefficient (Wildman–Crippen LogP) is 5.75. The van der Waals surface area contributed by atoms with E-state index in [1.807, 2.05) is 30.3 Å². The van der Waals surface area contributed by atoms with E-state index >= 15 is 0 Å². The Hall–Kier alpha value is -3.58. The lowest BCUT2D eigenvalue weighted by molar-refractivity contribution is 0.395. The SMILES string of the molecule is COc1cc(OC)c(N[C@H](c2nnc(-c3ccccc3)o2)c2ccccc2F)cc1Cl. The van der Waals surface area contributed by atoms with Crippen LogP contribution in [0.2, 0.25) is 5.02 Å². The Morgan fingerprint density at radius 3 is 2.35 bits per heavy atom. The first-order valence-electron chi connectivity index (χ1n) is 9.42. The largest absolute Gasteiger partial charge is 0.495 e. The first-order chi connectivity index (χ1) is 15.1. The van der Waals surface area contributed by atoms with E-state index in [1.54, 1.807) is 30.3 Å². The summed E-state index contributed by atoms with van der Waals surface area (Å²) < 4.78 is 31.3. The molecule has 158 valence electrons. The van der Waals surface area contributed by atoms with Crippen LogP contribution in [0.3, 0.4) is 0 Å². The summed E-state index contributed by atoms with van der Waals surface area (Å²) in [5, 5.41) is 11.9. The molecule has 0 radical (unpaired) electrons. The molecule has 0 aliphatic rings. The van der Waals surface area contributed by atoms with Crippen LogP contribution in [-0.4, -0.2) is 24.4 Å². The van der Waals surface area contributed by atoms with Crippen molar-refractivity contribution in [2.24, 2.45) is 0 Å². The van der Waals surface area contributed by atoms with Crippen molar-refractivity contribution in [3.63, 3.8) is 0 Å². The van der Waals surface area contributed by atoms with Gasteiger partial charge in [-0.1, -0.05) is 48.0 Å². The maximum absolute atomic E-state index is 14.7. The Kier molecular flexibility index (Phi) is 6.04. The molecule has 0 aliphatic carbocycles. The molecule has 1 aromatic heterocycles. The molecule has 0 fully saturated rings. The zero-order valence-corrected chi connectivity index (χ0v) is 17.6. The Labute approximate surface area is 183 Å². The van der Waals surface area contributed by atoms with Gasteiger partial charge >= 0.3 is 0 Å². The van der Waals surface area contributed by atoms with Crippen molar-refractivity contribution in [3.8, 4) is 23.0 Å². The fraction of sp³-hybridized carbons (Fsp3) is 0.130. The molecule has 0 bridgehead atoms. The van der Waals surface area contributed by atoms with Gasteiger partial charge < -0.3 is 19.2 Å². The van der Waals surface area contributed by atoms with Gasteiger partial charge in [-0.3, -0.25) is 0 Å². The second-order valence-corrected chi connectivity index (χ2v) is 7.00. The average molecular weight is 440 g/mol. The maximum Gasteiger partial charge on any atom is 0.247 e. The highest BCUT2D eigenvalue weighted by Crippen LogP contribution is 2.39. The number of methoxy groups -OCH3 is 2. The third-order valence-electron chi connectivity index (χ3n) is 4.70. The number of hydrogen-bond donors (Lipinski definition) is 1. The molecule has 1 heterocycles. The van der Waals surface area contributed by atoms with Crippen LogP contribution in [0.1, 0.15) is 17.5 Å². The molecule has 1 N–H and O–H groups in total. The smallest absolute Gasteiger partial charge is 0.247 e. The molecule has 3 aromatic carbocycles. The third-order valence-corrected chi connectivity index (χ3v) is 4.99. The van der Waals surface area contributed by atoms with Gasteiger partial charge in [-0.05, 0) is 24.3 Å². The summed E-state index contributed by atoms with van der Waals surface area (Å²) in [4.78, 5) is 0. The van der Waals surface area contributed by atoms with Gasteiger partial charge in [-0.15, -0.1) is 10.2 Å². The van der Waals surface area contributed by atoms with Crippen molar-refractivity contribution < 1.29 is 18.3 Å². The van der Waals surface area contributed by atoms with Gasteiger partial charge in [-0.2, -0.15) is 0 Å². The van der Waals surface area contributed by atoms with Gasteiger partial charge in [0.15, 0.2) is 0 Å². The number of rotatable bonds is 7. The average Bonchev–Trinajstić information content (AvgIpc) is 3.29. The molecule has 8 heteroatoms. The molecule has 4 rings (SSSR count). The number of hydrogen-bond acceptors (Lipinski definition) is 6. The van der Waals surface area contributed by atoms with E-state index in [2.05, 4.69) is 15.5 Å². The van der Waals surface area contributed by atoms with Crippen molar-refractivity contribution in [2.45, 2.75) is 6.04 Å². The minimum atomic E-state index is -0.787. The summed E-state index contributed by atoms with van der Waals surface area (Å²) in [5.74, 6) is 1.02. The monoisotopic (exact) mass is 439 g/mol. The van der Waals surface area contributed by atoms with E-state index < -0.39 is 11.9 Å². The summed E-state index contributed by atoms with van der Waals surface area (Å²) in [6.45, 7) is 0. The molecule has 4 aromatic rings. The van der Waals surface area contributed by atoms with Crippen LogP contribution in [-0.2, 0) is 0 Å². The number of anilines is 1. The van der Waals surface area contributed by atoms with Crippen LogP contribution in [0.4, 0.5) is 10.1 Å². The van der Waals surface area contributed by atoms with Crippen LogP contribution >= 0.6 is 11.6 Å².